The molecule has 0 aromatic carbocycles. The lowest BCUT2D eigenvalue weighted by molar-refractivity contribution is -0.147. The standard InChI is InChI=1S/C9H17NO3/c11-8(9(12)13)7-10-5-3-1-2-4-6-10/h8,11H,1-7H2,(H,12,13). The van der Waals surface area contributed by atoms with E-state index in [1.54, 1.807) is 0 Å². The van der Waals surface area contributed by atoms with Gasteiger partial charge in [0.1, 0.15) is 0 Å². The molecular formula is C9H17NO3. The molecule has 1 rings (SSSR count). The van der Waals surface area contributed by atoms with E-state index in [1.165, 1.54) is 12.8 Å². The average molecular weight is 187 g/mol. The van der Waals surface area contributed by atoms with Crippen LogP contribution in [0.15, 0.2) is 0 Å². The van der Waals surface area contributed by atoms with Crippen LogP contribution < -0.4 is 0 Å². The largest absolute Gasteiger partial charge is 0.479 e. The van der Waals surface area contributed by atoms with E-state index in [2.05, 4.69) is 0 Å². The first-order valence-corrected chi connectivity index (χ1v) is 4.83. The van der Waals surface area contributed by atoms with Gasteiger partial charge in [-0.15, -0.1) is 0 Å². The molecule has 0 radical (unpaired) electrons. The Kier molecular flexibility index (Phi) is 4.18. The average Bonchev–Trinajstić information content (AvgIpc) is 2.32. The SMILES string of the molecule is O=C(O)C(O)CN1CCCCCC1. The quantitative estimate of drug-likeness (QED) is 0.667. The minimum Gasteiger partial charge on any atom is -0.479 e. The maximum Gasteiger partial charge on any atom is 0.333 e. The molecule has 0 aromatic rings. The first kappa shape index (κ1) is 10.5. The topological polar surface area (TPSA) is 60.8 Å². The van der Waals surface area contributed by atoms with Gasteiger partial charge in [-0.2, -0.15) is 0 Å². The highest BCUT2D eigenvalue weighted by Crippen LogP contribution is 2.09. The number of likely N-dealkylation sites (tertiary alicyclic amines) is 1. The zero-order valence-electron chi connectivity index (χ0n) is 7.78. The monoisotopic (exact) mass is 187 g/mol. The van der Waals surface area contributed by atoms with E-state index in [9.17, 15) is 4.79 Å². The van der Waals surface area contributed by atoms with Crippen molar-refractivity contribution in [1.29, 1.82) is 0 Å². The van der Waals surface area contributed by atoms with Crippen LogP contribution in [-0.4, -0.2) is 46.8 Å². The molecule has 1 heterocycles. The molecule has 13 heavy (non-hydrogen) atoms. The maximum absolute atomic E-state index is 10.4. The van der Waals surface area contributed by atoms with Crippen molar-refractivity contribution in [2.24, 2.45) is 0 Å². The predicted molar refractivity (Wildman–Crippen MR) is 48.6 cm³/mol. The minimum absolute atomic E-state index is 0.273. The summed E-state index contributed by atoms with van der Waals surface area (Å²) in [5, 5.41) is 17.6. The molecule has 4 nitrogen and oxygen atoms in total. The van der Waals surface area contributed by atoms with Crippen LogP contribution in [0.1, 0.15) is 25.7 Å². The Hall–Kier alpha value is -0.610. The first-order chi connectivity index (χ1) is 6.20. The van der Waals surface area contributed by atoms with E-state index in [1.807, 2.05) is 4.90 Å². The van der Waals surface area contributed by atoms with Gasteiger partial charge >= 0.3 is 5.97 Å². The van der Waals surface area contributed by atoms with E-state index >= 15 is 0 Å². The highest BCUT2D eigenvalue weighted by atomic mass is 16.4. The van der Waals surface area contributed by atoms with Crippen LogP contribution in [0, 0.1) is 0 Å². The molecule has 0 aliphatic carbocycles. The Labute approximate surface area is 78.2 Å². The molecule has 0 aromatic heterocycles. The van der Waals surface area contributed by atoms with Gasteiger partial charge in [0.15, 0.2) is 6.10 Å². The fourth-order valence-corrected chi connectivity index (χ4v) is 1.64. The first-order valence-electron chi connectivity index (χ1n) is 4.83. The van der Waals surface area contributed by atoms with Crippen molar-refractivity contribution >= 4 is 5.97 Å². The number of aliphatic hydroxyl groups excluding tert-OH is 1. The second kappa shape index (κ2) is 5.19. The molecule has 1 saturated heterocycles. The van der Waals surface area contributed by atoms with Gasteiger partial charge in [-0.05, 0) is 25.9 Å². The summed E-state index contributed by atoms with van der Waals surface area (Å²) in [4.78, 5) is 12.4. The van der Waals surface area contributed by atoms with Gasteiger partial charge in [0, 0.05) is 6.54 Å². The van der Waals surface area contributed by atoms with Gasteiger partial charge in [-0.1, -0.05) is 12.8 Å². The predicted octanol–water partition coefficient (Wildman–Crippen LogP) is 0.308. The Balaban J connectivity index is 2.29. The van der Waals surface area contributed by atoms with E-state index in [0.717, 1.165) is 25.9 Å². The van der Waals surface area contributed by atoms with Gasteiger partial charge in [0.05, 0.1) is 0 Å². The van der Waals surface area contributed by atoms with Gasteiger partial charge in [-0.3, -0.25) is 0 Å². The molecule has 0 saturated carbocycles. The van der Waals surface area contributed by atoms with E-state index < -0.39 is 12.1 Å². The highest BCUT2D eigenvalue weighted by molar-refractivity contribution is 5.72. The van der Waals surface area contributed by atoms with Crippen LogP contribution in [0.4, 0.5) is 0 Å². The third-order valence-corrected chi connectivity index (χ3v) is 2.41. The fraction of sp³-hybridized carbons (Fsp3) is 0.889. The molecule has 1 aliphatic rings. The number of aliphatic hydroxyl groups is 1. The van der Waals surface area contributed by atoms with Crippen molar-refractivity contribution in [2.45, 2.75) is 31.8 Å². The van der Waals surface area contributed by atoms with Crippen LogP contribution in [0.2, 0.25) is 0 Å². The second-order valence-corrected chi connectivity index (χ2v) is 3.57. The van der Waals surface area contributed by atoms with Crippen LogP contribution in [-0.2, 0) is 4.79 Å². The number of β-amino-alcohol motifs (C(OH)–C–C–N with tert-alkyl or cyclic N) is 1. The lowest BCUT2D eigenvalue weighted by Gasteiger charge is -2.20. The Bertz CT molecular complexity index is 164. The van der Waals surface area contributed by atoms with Crippen LogP contribution in [0.25, 0.3) is 0 Å². The lowest BCUT2D eigenvalue weighted by atomic mass is 10.2. The number of nitrogens with zero attached hydrogens (tertiary/aromatic N) is 1. The highest BCUT2D eigenvalue weighted by Gasteiger charge is 2.18. The molecule has 1 atom stereocenters. The third kappa shape index (κ3) is 3.74. The number of rotatable bonds is 3. The molecule has 4 heteroatoms. The van der Waals surface area contributed by atoms with Crippen molar-refractivity contribution in [3.63, 3.8) is 0 Å². The molecular weight excluding hydrogens is 170 g/mol. The zero-order chi connectivity index (χ0) is 9.68. The Morgan fingerprint density at radius 3 is 2.23 bits per heavy atom. The number of hydrogen-bond acceptors (Lipinski definition) is 3. The summed E-state index contributed by atoms with van der Waals surface area (Å²) >= 11 is 0. The van der Waals surface area contributed by atoms with Gasteiger partial charge in [0.25, 0.3) is 0 Å². The normalized spacial score (nSPS) is 22.2. The molecule has 0 spiro atoms. The second-order valence-electron chi connectivity index (χ2n) is 3.57. The van der Waals surface area contributed by atoms with Crippen molar-refractivity contribution < 1.29 is 15.0 Å². The summed E-state index contributed by atoms with van der Waals surface area (Å²) in [5.41, 5.74) is 0. The third-order valence-electron chi connectivity index (χ3n) is 2.41. The van der Waals surface area contributed by atoms with E-state index in [-0.39, 0.29) is 6.54 Å². The van der Waals surface area contributed by atoms with E-state index in [0.29, 0.717) is 0 Å². The zero-order valence-corrected chi connectivity index (χ0v) is 7.78. The molecule has 1 unspecified atom stereocenters. The fourth-order valence-electron chi connectivity index (χ4n) is 1.64. The molecule has 0 bridgehead atoms. The van der Waals surface area contributed by atoms with Crippen molar-refractivity contribution in [3.8, 4) is 0 Å². The van der Waals surface area contributed by atoms with Crippen LogP contribution in [0.3, 0.4) is 0 Å². The Morgan fingerprint density at radius 1 is 1.23 bits per heavy atom. The number of carbonyl (C=O) groups is 1. The van der Waals surface area contributed by atoms with Gasteiger partial charge < -0.3 is 15.1 Å². The summed E-state index contributed by atoms with van der Waals surface area (Å²) in [6.45, 7) is 2.12. The number of carboxylic acids is 1. The molecule has 2 N–H and O–H groups in total. The summed E-state index contributed by atoms with van der Waals surface area (Å²) < 4.78 is 0. The minimum atomic E-state index is -1.22. The lowest BCUT2D eigenvalue weighted by Crippen LogP contribution is -2.37. The van der Waals surface area contributed by atoms with Crippen molar-refractivity contribution in [1.82, 2.24) is 4.90 Å². The smallest absolute Gasteiger partial charge is 0.333 e. The molecule has 76 valence electrons. The van der Waals surface area contributed by atoms with Crippen molar-refractivity contribution in [3.05, 3.63) is 0 Å². The number of aliphatic carboxylic acids is 1. The van der Waals surface area contributed by atoms with Crippen LogP contribution >= 0.6 is 0 Å². The summed E-state index contributed by atoms with van der Waals surface area (Å²) in [5.74, 6) is -1.12. The number of hydrogen-bond donors (Lipinski definition) is 2. The maximum atomic E-state index is 10.4. The van der Waals surface area contributed by atoms with E-state index in [4.69, 9.17) is 10.2 Å². The van der Waals surface area contributed by atoms with Crippen molar-refractivity contribution in [2.75, 3.05) is 19.6 Å². The molecule has 0 amide bonds. The number of carboxylic acid groups (broad SMARTS) is 1. The summed E-state index contributed by atoms with van der Waals surface area (Å²) in [6, 6.07) is 0. The summed E-state index contributed by atoms with van der Waals surface area (Å²) in [6.07, 6.45) is 3.45. The Morgan fingerprint density at radius 2 is 1.77 bits per heavy atom. The summed E-state index contributed by atoms with van der Waals surface area (Å²) in [7, 11) is 0. The van der Waals surface area contributed by atoms with Gasteiger partial charge in [-0.25, -0.2) is 4.79 Å². The molecule has 1 fully saturated rings. The van der Waals surface area contributed by atoms with Crippen LogP contribution in [0.5, 0.6) is 0 Å². The molecule has 1 aliphatic heterocycles. The van der Waals surface area contributed by atoms with Gasteiger partial charge in [0.2, 0.25) is 0 Å².